The molecule has 5 amide bonds. The number of imide groups is 1. The lowest BCUT2D eigenvalue weighted by atomic mass is 9.81. The van der Waals surface area contributed by atoms with Crippen LogP contribution in [0.25, 0.3) is 0 Å². The minimum atomic E-state index is -1.19. The van der Waals surface area contributed by atoms with Crippen LogP contribution in [-0.2, 0) is 20.7 Å². The quantitative estimate of drug-likeness (QED) is 0.273. The van der Waals surface area contributed by atoms with Gasteiger partial charge in [-0.1, -0.05) is 54.2 Å². The third-order valence-electron chi connectivity index (χ3n) is 6.78. The zero-order valence-electron chi connectivity index (χ0n) is 21.7. The molecule has 0 aliphatic heterocycles. The molecule has 0 aromatic heterocycles. The fourth-order valence-electron chi connectivity index (χ4n) is 4.63. The Morgan fingerprint density at radius 2 is 1.62 bits per heavy atom. The van der Waals surface area contributed by atoms with Gasteiger partial charge < -0.3 is 25.8 Å². The van der Waals surface area contributed by atoms with Gasteiger partial charge in [-0.05, 0) is 49.1 Å². The Balaban J connectivity index is 1.61. The molecule has 0 radical (unpaired) electrons. The molecule has 1 aliphatic rings. The van der Waals surface area contributed by atoms with Gasteiger partial charge in [0.2, 0.25) is 5.91 Å². The molecule has 0 spiro atoms. The molecule has 11 nitrogen and oxygen atoms in total. The van der Waals surface area contributed by atoms with Crippen LogP contribution in [-0.4, -0.2) is 54.7 Å². The Labute approximate surface area is 240 Å². The van der Waals surface area contributed by atoms with Gasteiger partial charge in [0.25, 0.3) is 5.91 Å². The summed E-state index contributed by atoms with van der Waals surface area (Å²) in [5, 5.41) is 20.1. The van der Waals surface area contributed by atoms with E-state index in [0.717, 1.165) is 20.0 Å². The number of nitrogens with one attached hydrogen (secondary N) is 4. The first-order chi connectivity index (χ1) is 19.0. The first-order valence-electron chi connectivity index (χ1n) is 12.6. The van der Waals surface area contributed by atoms with Crippen molar-refractivity contribution in [3.05, 3.63) is 63.6 Å². The Kier molecular flexibility index (Phi) is 10.7. The van der Waals surface area contributed by atoms with Crippen molar-refractivity contribution in [2.24, 2.45) is 5.41 Å². The number of carbonyl (C=O) groups excluding carboxylic acids is 4. The second-order valence-corrected chi connectivity index (χ2v) is 10.2. The molecule has 40 heavy (non-hydrogen) atoms. The van der Waals surface area contributed by atoms with Crippen LogP contribution in [0.15, 0.2) is 42.5 Å². The number of urea groups is 1. The molecule has 1 fully saturated rings. The summed E-state index contributed by atoms with van der Waals surface area (Å²) in [7, 11) is 1.13. The predicted molar refractivity (Wildman–Crippen MR) is 149 cm³/mol. The Morgan fingerprint density at radius 1 is 1.00 bits per heavy atom. The fourth-order valence-corrected chi connectivity index (χ4v) is 5.19. The summed E-state index contributed by atoms with van der Waals surface area (Å²) in [6.45, 7) is 0.112. The summed E-state index contributed by atoms with van der Waals surface area (Å²) < 4.78 is 4.37. The molecule has 0 unspecified atom stereocenters. The molecular weight excluding hydrogens is 563 g/mol. The molecule has 13 heteroatoms. The van der Waals surface area contributed by atoms with Gasteiger partial charge >= 0.3 is 18.1 Å². The molecule has 0 saturated heterocycles. The van der Waals surface area contributed by atoms with Gasteiger partial charge in [-0.3, -0.25) is 9.59 Å². The Hall–Kier alpha value is -3.83. The topological polar surface area (TPSA) is 163 Å². The first kappa shape index (κ1) is 30.7. The highest BCUT2D eigenvalue weighted by molar-refractivity contribution is 6.40. The number of carboxylic acid groups (broad SMARTS) is 1. The molecular formula is C27H30Cl2N4O7. The number of amides is 5. The fraction of sp³-hybridized carbons (Fsp3) is 0.370. The van der Waals surface area contributed by atoms with Crippen LogP contribution in [0.3, 0.4) is 0 Å². The lowest BCUT2D eigenvalue weighted by Crippen LogP contribution is -2.50. The van der Waals surface area contributed by atoms with Crippen molar-refractivity contribution >= 4 is 58.8 Å². The molecule has 1 saturated carbocycles. The number of rotatable bonds is 10. The van der Waals surface area contributed by atoms with Gasteiger partial charge in [-0.25, -0.2) is 19.7 Å². The summed E-state index contributed by atoms with van der Waals surface area (Å²) in [5.41, 5.74) is 0.390. The number of benzene rings is 2. The average molecular weight is 593 g/mol. The van der Waals surface area contributed by atoms with Crippen molar-refractivity contribution in [1.29, 1.82) is 0 Å². The minimum Gasteiger partial charge on any atom is -0.480 e. The van der Waals surface area contributed by atoms with E-state index in [9.17, 15) is 29.1 Å². The largest absolute Gasteiger partial charge is 0.480 e. The standard InChI is InChI=1S/C27H30Cl2N4O7/c1-40-26(39)33-25(38)30-14-13-27(11-2-3-12-27)24(37)32-20(23(35)36)15-16-7-9-17(10-8-16)31-22(34)21-18(28)5-4-6-19(21)29/h4-10,20H,2-3,11-15H2,1H3,(H,31,34)(H,32,37)(H,35,36)(H2,30,33,38,39)/t20-/m0/s1. The van der Waals surface area contributed by atoms with E-state index in [1.54, 1.807) is 42.5 Å². The number of hydrogen-bond donors (Lipinski definition) is 5. The van der Waals surface area contributed by atoms with Gasteiger partial charge in [0.05, 0.1) is 28.1 Å². The van der Waals surface area contributed by atoms with Crippen molar-refractivity contribution in [2.45, 2.75) is 44.6 Å². The maximum absolute atomic E-state index is 13.3. The van der Waals surface area contributed by atoms with Crippen LogP contribution >= 0.6 is 23.2 Å². The van der Waals surface area contributed by atoms with Crippen molar-refractivity contribution in [3.8, 4) is 0 Å². The Bertz CT molecular complexity index is 1240. The number of hydrogen-bond acceptors (Lipinski definition) is 6. The van der Waals surface area contributed by atoms with Gasteiger partial charge in [0, 0.05) is 18.7 Å². The summed E-state index contributed by atoms with van der Waals surface area (Å²) in [6, 6.07) is 9.33. The second-order valence-electron chi connectivity index (χ2n) is 9.43. The number of carbonyl (C=O) groups is 5. The highest BCUT2D eigenvalue weighted by Gasteiger charge is 2.42. The van der Waals surface area contributed by atoms with Crippen LogP contribution < -0.4 is 21.3 Å². The van der Waals surface area contributed by atoms with E-state index in [4.69, 9.17) is 23.2 Å². The highest BCUT2D eigenvalue weighted by Crippen LogP contribution is 2.41. The van der Waals surface area contributed by atoms with E-state index in [-0.39, 0.29) is 35.0 Å². The minimum absolute atomic E-state index is 0.0154. The third kappa shape index (κ3) is 8.09. The lowest BCUT2D eigenvalue weighted by molar-refractivity contribution is -0.144. The molecule has 2 aromatic rings. The number of alkyl carbamates (subject to hydrolysis) is 1. The van der Waals surface area contributed by atoms with Gasteiger partial charge in [-0.2, -0.15) is 0 Å². The predicted octanol–water partition coefficient (Wildman–Crippen LogP) is 4.37. The Morgan fingerprint density at radius 3 is 2.20 bits per heavy atom. The van der Waals surface area contributed by atoms with Crippen LogP contribution in [0.2, 0.25) is 10.0 Å². The molecule has 5 N–H and O–H groups in total. The van der Waals surface area contributed by atoms with Crippen LogP contribution in [0.4, 0.5) is 15.3 Å². The van der Waals surface area contributed by atoms with Crippen LogP contribution in [0, 0.1) is 5.41 Å². The summed E-state index contributed by atoms with van der Waals surface area (Å²) >= 11 is 12.2. The van der Waals surface area contributed by atoms with E-state index in [0.29, 0.717) is 24.1 Å². The maximum atomic E-state index is 13.3. The highest BCUT2D eigenvalue weighted by atomic mass is 35.5. The van der Waals surface area contributed by atoms with Crippen LogP contribution in [0.5, 0.6) is 0 Å². The zero-order valence-corrected chi connectivity index (χ0v) is 23.2. The average Bonchev–Trinajstić information content (AvgIpc) is 3.39. The summed E-state index contributed by atoms with van der Waals surface area (Å²) in [6.07, 6.45) is 2.09. The summed E-state index contributed by atoms with van der Waals surface area (Å²) in [4.78, 5) is 60.9. The number of carboxylic acids is 1. The monoisotopic (exact) mass is 592 g/mol. The van der Waals surface area contributed by atoms with Crippen molar-refractivity contribution in [2.75, 3.05) is 19.0 Å². The van der Waals surface area contributed by atoms with Crippen molar-refractivity contribution in [3.63, 3.8) is 0 Å². The number of aliphatic carboxylic acids is 1. The normalized spacial score (nSPS) is 14.5. The van der Waals surface area contributed by atoms with E-state index < -0.39 is 41.4 Å². The van der Waals surface area contributed by atoms with Gasteiger partial charge in [0.1, 0.15) is 6.04 Å². The zero-order chi connectivity index (χ0) is 29.3. The van der Waals surface area contributed by atoms with Gasteiger partial charge in [-0.15, -0.1) is 0 Å². The summed E-state index contributed by atoms with van der Waals surface area (Å²) in [5.74, 6) is -2.07. The smallest absolute Gasteiger partial charge is 0.415 e. The maximum Gasteiger partial charge on any atom is 0.415 e. The number of ether oxygens (including phenoxy) is 1. The second kappa shape index (κ2) is 14.0. The lowest BCUT2D eigenvalue weighted by Gasteiger charge is -2.29. The molecule has 1 atom stereocenters. The number of anilines is 1. The molecule has 0 heterocycles. The number of halogens is 2. The van der Waals surface area contributed by atoms with Crippen LogP contribution in [0.1, 0.15) is 48.0 Å². The van der Waals surface area contributed by atoms with Gasteiger partial charge in [0.15, 0.2) is 0 Å². The van der Waals surface area contributed by atoms with E-state index in [2.05, 4.69) is 20.7 Å². The van der Waals surface area contributed by atoms with E-state index in [1.807, 2.05) is 5.32 Å². The molecule has 0 bridgehead atoms. The van der Waals surface area contributed by atoms with E-state index in [1.165, 1.54) is 0 Å². The van der Waals surface area contributed by atoms with E-state index >= 15 is 0 Å². The molecule has 1 aliphatic carbocycles. The number of methoxy groups -OCH3 is 1. The first-order valence-corrected chi connectivity index (χ1v) is 13.3. The van der Waals surface area contributed by atoms with Crippen molar-refractivity contribution in [1.82, 2.24) is 16.0 Å². The molecule has 214 valence electrons. The SMILES string of the molecule is COC(=O)NC(=O)NCCC1(C(=O)N[C@@H](Cc2ccc(NC(=O)c3c(Cl)cccc3Cl)cc2)C(=O)O)CCCC1. The third-order valence-corrected chi connectivity index (χ3v) is 7.41. The molecule has 3 rings (SSSR count). The molecule has 2 aromatic carbocycles. The van der Waals surface area contributed by atoms with Crippen molar-refractivity contribution < 1.29 is 33.8 Å².